The van der Waals surface area contributed by atoms with Crippen LogP contribution in [-0.4, -0.2) is 51.4 Å². The van der Waals surface area contributed by atoms with Crippen LogP contribution in [0.2, 0.25) is 0 Å². The lowest BCUT2D eigenvalue weighted by molar-refractivity contribution is -0.134. The zero-order valence-corrected chi connectivity index (χ0v) is 14.1. The number of hydrogen-bond donors (Lipinski definition) is 4. The summed E-state index contributed by atoms with van der Waals surface area (Å²) in [7, 11) is 0. The van der Waals surface area contributed by atoms with Gasteiger partial charge in [-0.25, -0.2) is 9.59 Å². The van der Waals surface area contributed by atoms with E-state index in [9.17, 15) is 19.5 Å². The summed E-state index contributed by atoms with van der Waals surface area (Å²) in [5.74, 6) is -2.48. The molecule has 0 spiro atoms. The number of rotatable bonds is 7. The topological polar surface area (TPSA) is 141 Å². The average molecular weight is 374 g/mol. The third-order valence-electron chi connectivity index (χ3n) is 2.98. The Kier molecular flexibility index (Phi) is 8.76. The summed E-state index contributed by atoms with van der Waals surface area (Å²) in [6.45, 7) is 0.0386. The summed E-state index contributed by atoms with van der Waals surface area (Å²) < 4.78 is 5.16. The minimum absolute atomic E-state index is 0.106. The second-order valence-corrected chi connectivity index (χ2v) is 4.96. The molecule has 0 atom stereocenters. The zero-order valence-electron chi connectivity index (χ0n) is 14.1. The monoisotopic (exact) mass is 374 g/mol. The lowest BCUT2D eigenvalue weighted by Gasteiger charge is -2.08. The highest BCUT2D eigenvalue weighted by Crippen LogP contribution is 2.25. The predicted octanol–water partition coefficient (Wildman–Crippen LogP) is 1.71. The number of hydrogen-bond acceptors (Lipinski definition) is 6. The Balaban J connectivity index is 0.000000387. The number of benzene rings is 2. The van der Waals surface area contributed by atoms with Gasteiger partial charge in [-0.1, -0.05) is 30.3 Å². The highest BCUT2D eigenvalue weighted by molar-refractivity contribution is 6.10. The van der Waals surface area contributed by atoms with Gasteiger partial charge in [-0.2, -0.15) is 0 Å². The van der Waals surface area contributed by atoms with Gasteiger partial charge >= 0.3 is 11.9 Å². The summed E-state index contributed by atoms with van der Waals surface area (Å²) >= 11 is 0. The molecule has 8 heteroatoms. The molecule has 2 aromatic carbocycles. The highest BCUT2D eigenvalue weighted by atomic mass is 16.5. The maximum Gasteiger partial charge on any atom is 0.328 e. The van der Waals surface area contributed by atoms with Gasteiger partial charge in [0.15, 0.2) is 5.78 Å². The molecule has 4 N–H and O–H groups in total. The number of phenolic OH excluding ortho intramolecular Hbond substituents is 1. The Morgan fingerprint density at radius 2 is 1.52 bits per heavy atom. The fourth-order valence-corrected chi connectivity index (χ4v) is 1.84. The van der Waals surface area contributed by atoms with Crippen LogP contribution in [0.15, 0.2) is 60.7 Å². The van der Waals surface area contributed by atoms with Gasteiger partial charge in [-0.15, -0.1) is 0 Å². The first-order valence-electron chi connectivity index (χ1n) is 7.65. The fourth-order valence-electron chi connectivity index (χ4n) is 1.84. The molecule has 0 radical (unpaired) electrons. The maximum absolute atomic E-state index is 12.2. The number of aromatic hydroxyl groups is 1. The molecule has 0 aliphatic rings. The van der Waals surface area contributed by atoms with Gasteiger partial charge in [0.1, 0.15) is 18.1 Å². The van der Waals surface area contributed by atoms with Crippen LogP contribution in [0.25, 0.3) is 0 Å². The Bertz CT molecular complexity index is 796. The third kappa shape index (κ3) is 7.84. The van der Waals surface area contributed by atoms with E-state index >= 15 is 0 Å². The average Bonchev–Trinajstić information content (AvgIpc) is 2.65. The van der Waals surface area contributed by atoms with E-state index in [0.717, 1.165) is 0 Å². The second kappa shape index (κ2) is 11.1. The number of carbonyl (C=O) groups is 3. The van der Waals surface area contributed by atoms with Gasteiger partial charge < -0.3 is 25.2 Å². The molecular formula is C19H18O8. The number of carbonyl (C=O) groups excluding carboxylic acids is 1. The second-order valence-electron chi connectivity index (χ2n) is 4.96. The van der Waals surface area contributed by atoms with Crippen LogP contribution in [-0.2, 0) is 9.59 Å². The maximum atomic E-state index is 12.2. The van der Waals surface area contributed by atoms with Crippen LogP contribution in [0.4, 0.5) is 0 Å². The number of carboxylic acids is 2. The molecule has 142 valence electrons. The quantitative estimate of drug-likeness (QED) is 0.424. The molecule has 0 amide bonds. The number of aliphatic hydroxyl groups is 1. The van der Waals surface area contributed by atoms with E-state index < -0.39 is 11.9 Å². The number of ketones is 1. The van der Waals surface area contributed by atoms with Crippen molar-refractivity contribution in [1.29, 1.82) is 0 Å². The van der Waals surface area contributed by atoms with E-state index in [2.05, 4.69) is 0 Å². The molecule has 8 nitrogen and oxygen atoms in total. The normalized spacial score (nSPS) is 9.96. The lowest BCUT2D eigenvalue weighted by atomic mass is 10.0. The van der Waals surface area contributed by atoms with Gasteiger partial charge in [-0.3, -0.25) is 4.79 Å². The first-order valence-corrected chi connectivity index (χ1v) is 7.65. The molecule has 0 saturated heterocycles. The molecule has 0 fully saturated rings. The van der Waals surface area contributed by atoms with Crippen molar-refractivity contribution in [2.75, 3.05) is 13.2 Å². The third-order valence-corrected chi connectivity index (χ3v) is 2.98. The SMILES string of the molecule is O=C(O)C=CC(=O)O.O=C(c1ccccc1)c1ccc(OCCO)cc1O. The predicted molar refractivity (Wildman–Crippen MR) is 95.0 cm³/mol. The van der Waals surface area contributed by atoms with E-state index in [4.69, 9.17) is 20.1 Å². The molecule has 2 rings (SSSR count). The van der Waals surface area contributed by atoms with Crippen molar-refractivity contribution < 1.29 is 39.5 Å². The Labute approximate surface area is 154 Å². The van der Waals surface area contributed by atoms with E-state index in [1.165, 1.54) is 12.1 Å². The summed E-state index contributed by atoms with van der Waals surface area (Å²) in [6, 6.07) is 13.2. The Hall–Kier alpha value is -3.65. The number of phenols is 1. The van der Waals surface area contributed by atoms with Gasteiger partial charge in [0.2, 0.25) is 0 Å². The fraction of sp³-hybridized carbons (Fsp3) is 0.105. The van der Waals surface area contributed by atoms with Crippen LogP contribution >= 0.6 is 0 Å². The van der Waals surface area contributed by atoms with Gasteiger partial charge in [0.25, 0.3) is 0 Å². The lowest BCUT2D eigenvalue weighted by Crippen LogP contribution is -2.04. The van der Waals surface area contributed by atoms with Gasteiger partial charge in [0.05, 0.1) is 12.2 Å². The molecule has 0 aromatic heterocycles. The molecule has 2 aromatic rings. The Morgan fingerprint density at radius 3 is 2.00 bits per heavy atom. The minimum atomic E-state index is -1.26. The molecule has 0 aliphatic heterocycles. The molecule has 0 unspecified atom stereocenters. The van der Waals surface area contributed by atoms with Crippen molar-refractivity contribution in [2.45, 2.75) is 0 Å². The smallest absolute Gasteiger partial charge is 0.328 e. The van der Waals surface area contributed by atoms with Crippen LogP contribution < -0.4 is 4.74 Å². The van der Waals surface area contributed by atoms with Crippen molar-refractivity contribution in [1.82, 2.24) is 0 Å². The summed E-state index contributed by atoms with van der Waals surface area (Å²) in [5, 5.41) is 34.1. The molecular weight excluding hydrogens is 356 g/mol. The van der Waals surface area contributed by atoms with Crippen molar-refractivity contribution in [2.24, 2.45) is 0 Å². The summed E-state index contributed by atoms with van der Waals surface area (Å²) in [5.41, 5.74) is 0.740. The largest absolute Gasteiger partial charge is 0.507 e. The van der Waals surface area contributed by atoms with E-state index in [-0.39, 0.29) is 30.3 Å². The van der Waals surface area contributed by atoms with E-state index in [1.807, 2.05) is 6.07 Å². The first kappa shape index (κ1) is 21.4. The van der Waals surface area contributed by atoms with Crippen LogP contribution in [0, 0.1) is 0 Å². The van der Waals surface area contributed by atoms with Crippen molar-refractivity contribution in [3.8, 4) is 11.5 Å². The van der Waals surface area contributed by atoms with Crippen LogP contribution in [0.3, 0.4) is 0 Å². The van der Waals surface area contributed by atoms with Crippen molar-refractivity contribution >= 4 is 17.7 Å². The van der Waals surface area contributed by atoms with Crippen molar-refractivity contribution in [3.63, 3.8) is 0 Å². The summed E-state index contributed by atoms with van der Waals surface area (Å²) in [4.78, 5) is 31.3. The summed E-state index contributed by atoms with van der Waals surface area (Å²) in [6.07, 6.45) is 1.12. The van der Waals surface area contributed by atoms with E-state index in [1.54, 1.807) is 30.3 Å². The van der Waals surface area contributed by atoms with Crippen molar-refractivity contribution in [3.05, 3.63) is 71.8 Å². The van der Waals surface area contributed by atoms with Gasteiger partial charge in [0, 0.05) is 23.8 Å². The molecule has 0 bridgehead atoms. The number of carboxylic acid groups (broad SMARTS) is 2. The number of ether oxygens (including phenoxy) is 1. The Morgan fingerprint density at radius 1 is 0.926 bits per heavy atom. The van der Waals surface area contributed by atoms with Crippen LogP contribution in [0.5, 0.6) is 11.5 Å². The molecule has 0 heterocycles. The van der Waals surface area contributed by atoms with E-state index in [0.29, 0.717) is 23.5 Å². The first-order chi connectivity index (χ1) is 12.8. The molecule has 0 saturated carbocycles. The zero-order chi connectivity index (χ0) is 20.2. The minimum Gasteiger partial charge on any atom is -0.507 e. The van der Waals surface area contributed by atoms with Gasteiger partial charge in [-0.05, 0) is 12.1 Å². The molecule has 0 aliphatic carbocycles. The highest BCUT2D eigenvalue weighted by Gasteiger charge is 2.13. The molecule has 27 heavy (non-hydrogen) atoms. The number of aliphatic hydroxyl groups excluding tert-OH is 1. The number of aliphatic carboxylic acids is 2. The standard InChI is InChI=1S/C15H14O4.C4H4O4/c16-8-9-19-12-6-7-13(14(17)10-12)15(18)11-4-2-1-3-5-11;5-3(6)1-2-4(7)8/h1-7,10,16-17H,8-9H2;1-2H,(H,5,6)(H,7,8). The van der Waals surface area contributed by atoms with Crippen LogP contribution in [0.1, 0.15) is 15.9 Å².